The van der Waals surface area contributed by atoms with Gasteiger partial charge < -0.3 is 20.0 Å². The predicted molar refractivity (Wildman–Crippen MR) is 175 cm³/mol. The fraction of sp³-hybridized carbons (Fsp3) is 0.405. The Balaban J connectivity index is 1.32. The summed E-state index contributed by atoms with van der Waals surface area (Å²) in [5.41, 5.74) is 7.04. The Morgan fingerprint density at radius 3 is 2.28 bits per heavy atom. The second kappa shape index (κ2) is 11.9. The van der Waals surface area contributed by atoms with Crippen LogP contribution in [0.25, 0.3) is 0 Å². The number of likely N-dealkylation sites (tertiary alicyclic amines) is 1. The summed E-state index contributed by atoms with van der Waals surface area (Å²) in [6.45, 7) is 6.09. The highest BCUT2D eigenvalue weighted by molar-refractivity contribution is 6.02. The van der Waals surface area contributed by atoms with E-state index in [-0.39, 0.29) is 29.7 Å². The lowest BCUT2D eigenvalue weighted by molar-refractivity contribution is -0.131. The molecule has 224 valence electrons. The molecule has 1 aliphatic carbocycles. The van der Waals surface area contributed by atoms with Gasteiger partial charge in [-0.3, -0.25) is 9.59 Å². The van der Waals surface area contributed by atoms with Crippen LogP contribution in [0.3, 0.4) is 0 Å². The SMILES string of the molecule is CN(C)c1ccc(C2C3=C(CC(C)(C)CC3=O)Nc3ccccc3N2CC(=O)N2CCC(Cc3ccccc3)CC2)cc1. The molecule has 43 heavy (non-hydrogen) atoms. The number of Topliss-reactive ketones (excluding diaryl/α,β-unsaturated/α-hetero) is 1. The van der Waals surface area contributed by atoms with Crippen molar-refractivity contribution in [2.24, 2.45) is 11.3 Å². The van der Waals surface area contributed by atoms with Crippen molar-refractivity contribution in [1.29, 1.82) is 0 Å². The van der Waals surface area contributed by atoms with Crippen molar-refractivity contribution in [3.63, 3.8) is 0 Å². The number of anilines is 3. The molecule has 6 nitrogen and oxygen atoms in total. The summed E-state index contributed by atoms with van der Waals surface area (Å²) >= 11 is 0. The van der Waals surface area contributed by atoms with Crippen molar-refractivity contribution in [1.82, 2.24) is 4.90 Å². The van der Waals surface area contributed by atoms with Crippen LogP contribution in [-0.4, -0.2) is 50.3 Å². The third-order valence-corrected chi connectivity index (χ3v) is 9.37. The molecule has 0 radical (unpaired) electrons. The summed E-state index contributed by atoms with van der Waals surface area (Å²) < 4.78 is 0. The molecule has 3 aromatic rings. The van der Waals surface area contributed by atoms with E-state index >= 15 is 0 Å². The lowest BCUT2D eigenvalue weighted by Gasteiger charge is -2.39. The number of hydrogen-bond acceptors (Lipinski definition) is 5. The van der Waals surface area contributed by atoms with E-state index in [1.807, 2.05) is 31.1 Å². The van der Waals surface area contributed by atoms with Gasteiger partial charge in [0.15, 0.2) is 5.78 Å². The second-order valence-corrected chi connectivity index (χ2v) is 13.5. The molecular formula is C37H44N4O2. The Labute approximate surface area is 256 Å². The van der Waals surface area contributed by atoms with Crippen LogP contribution in [0.5, 0.6) is 0 Å². The van der Waals surface area contributed by atoms with Gasteiger partial charge in [0.05, 0.1) is 24.0 Å². The van der Waals surface area contributed by atoms with Gasteiger partial charge in [-0.1, -0.05) is 68.4 Å². The van der Waals surface area contributed by atoms with Crippen LogP contribution >= 0.6 is 0 Å². The fourth-order valence-corrected chi connectivity index (χ4v) is 7.11. The minimum absolute atomic E-state index is 0.121. The molecule has 6 heteroatoms. The maximum atomic E-state index is 14.1. The number of rotatable bonds is 6. The number of amides is 1. The number of ketones is 1. The number of piperidine rings is 1. The quantitative estimate of drug-likeness (QED) is 0.348. The van der Waals surface area contributed by atoms with Crippen molar-refractivity contribution in [3.05, 3.63) is 101 Å². The molecule has 1 amide bonds. The molecule has 1 fully saturated rings. The summed E-state index contributed by atoms with van der Waals surface area (Å²) in [7, 11) is 4.06. The van der Waals surface area contributed by atoms with Crippen LogP contribution in [-0.2, 0) is 16.0 Å². The molecule has 1 unspecified atom stereocenters. The zero-order chi connectivity index (χ0) is 30.1. The van der Waals surface area contributed by atoms with Crippen LogP contribution < -0.4 is 15.1 Å². The Bertz CT molecular complexity index is 1500. The standard InChI is InChI=1S/C37H44N4O2/c1-37(2)23-31-35(33(42)24-37)36(28-14-16-29(17-15-28)39(3)4)41(32-13-9-8-12-30(32)38-31)25-34(43)40-20-18-27(19-21-40)22-26-10-6-5-7-11-26/h5-17,27,36,38H,18-25H2,1-4H3. The Hall–Kier alpha value is -4.06. The summed E-state index contributed by atoms with van der Waals surface area (Å²) in [5.74, 6) is 0.872. The third-order valence-electron chi connectivity index (χ3n) is 9.37. The number of nitrogens with one attached hydrogen (secondary N) is 1. The summed E-state index contributed by atoms with van der Waals surface area (Å²) in [6.07, 6.45) is 4.36. The molecule has 2 aliphatic heterocycles. The predicted octanol–water partition coefficient (Wildman–Crippen LogP) is 6.85. The van der Waals surface area contributed by atoms with E-state index in [2.05, 4.69) is 95.7 Å². The Morgan fingerprint density at radius 2 is 1.58 bits per heavy atom. The molecule has 3 aromatic carbocycles. The molecule has 3 aliphatic rings. The summed E-state index contributed by atoms with van der Waals surface area (Å²) in [4.78, 5) is 34.4. The summed E-state index contributed by atoms with van der Waals surface area (Å²) in [5, 5.41) is 3.67. The van der Waals surface area contributed by atoms with Gasteiger partial charge in [-0.25, -0.2) is 0 Å². The molecule has 0 spiro atoms. The van der Waals surface area contributed by atoms with E-state index in [0.29, 0.717) is 12.3 Å². The van der Waals surface area contributed by atoms with Gasteiger partial charge in [0.25, 0.3) is 0 Å². The van der Waals surface area contributed by atoms with Crippen molar-refractivity contribution in [2.45, 2.75) is 52.0 Å². The zero-order valence-corrected chi connectivity index (χ0v) is 26.0. The highest BCUT2D eigenvalue weighted by Crippen LogP contribution is 2.48. The maximum absolute atomic E-state index is 14.1. The van der Waals surface area contributed by atoms with Crippen molar-refractivity contribution in [2.75, 3.05) is 48.8 Å². The normalized spacial score (nSPS) is 20.2. The highest BCUT2D eigenvalue weighted by Gasteiger charge is 2.42. The maximum Gasteiger partial charge on any atom is 0.242 e. The van der Waals surface area contributed by atoms with Crippen molar-refractivity contribution >= 4 is 28.8 Å². The van der Waals surface area contributed by atoms with Crippen LogP contribution in [0.4, 0.5) is 17.1 Å². The van der Waals surface area contributed by atoms with E-state index in [1.165, 1.54) is 5.56 Å². The lowest BCUT2D eigenvalue weighted by atomic mass is 9.73. The lowest BCUT2D eigenvalue weighted by Crippen LogP contribution is -2.46. The highest BCUT2D eigenvalue weighted by atomic mass is 16.2. The van der Waals surface area contributed by atoms with Gasteiger partial charge in [-0.15, -0.1) is 0 Å². The first-order valence-corrected chi connectivity index (χ1v) is 15.7. The van der Waals surface area contributed by atoms with E-state index < -0.39 is 0 Å². The number of carbonyl (C=O) groups excluding carboxylic acids is 2. The first-order chi connectivity index (χ1) is 20.7. The largest absolute Gasteiger partial charge is 0.378 e. The molecule has 0 saturated carbocycles. The average Bonchev–Trinajstić information content (AvgIpc) is 3.12. The van der Waals surface area contributed by atoms with Gasteiger partial charge in [0.1, 0.15) is 0 Å². The molecule has 6 rings (SSSR count). The number of para-hydroxylation sites is 2. The summed E-state index contributed by atoms with van der Waals surface area (Å²) in [6, 6.07) is 27.0. The van der Waals surface area contributed by atoms with Crippen molar-refractivity contribution < 1.29 is 9.59 Å². The van der Waals surface area contributed by atoms with Crippen LogP contribution in [0.15, 0.2) is 90.1 Å². The van der Waals surface area contributed by atoms with E-state index in [1.54, 1.807) is 0 Å². The monoisotopic (exact) mass is 576 g/mol. The van der Waals surface area contributed by atoms with E-state index in [9.17, 15) is 9.59 Å². The molecule has 0 aromatic heterocycles. The Morgan fingerprint density at radius 1 is 0.907 bits per heavy atom. The minimum atomic E-state index is -0.356. The smallest absolute Gasteiger partial charge is 0.242 e. The van der Waals surface area contributed by atoms with Crippen LogP contribution in [0, 0.1) is 11.3 Å². The zero-order valence-electron chi connectivity index (χ0n) is 26.0. The molecule has 2 heterocycles. The number of allylic oxidation sites excluding steroid dienone is 1. The van der Waals surface area contributed by atoms with Gasteiger partial charge >= 0.3 is 0 Å². The number of hydrogen-bond donors (Lipinski definition) is 1. The number of nitrogens with zero attached hydrogens (tertiary/aromatic N) is 3. The molecular weight excluding hydrogens is 532 g/mol. The first-order valence-electron chi connectivity index (χ1n) is 15.7. The third kappa shape index (κ3) is 6.20. The van der Waals surface area contributed by atoms with Gasteiger partial charge in [0, 0.05) is 50.6 Å². The fourth-order valence-electron chi connectivity index (χ4n) is 7.11. The minimum Gasteiger partial charge on any atom is -0.378 e. The van der Waals surface area contributed by atoms with Crippen molar-refractivity contribution in [3.8, 4) is 0 Å². The molecule has 1 atom stereocenters. The first kappa shape index (κ1) is 29.0. The van der Waals surface area contributed by atoms with Gasteiger partial charge in [-0.2, -0.15) is 0 Å². The molecule has 0 bridgehead atoms. The number of fused-ring (bicyclic) bond motifs is 1. The number of benzene rings is 3. The molecule has 1 N–H and O–H groups in total. The molecule has 1 saturated heterocycles. The Kier molecular flexibility index (Phi) is 8.04. The van der Waals surface area contributed by atoms with Gasteiger partial charge in [-0.05, 0) is 72.4 Å². The number of carbonyl (C=O) groups is 2. The van der Waals surface area contributed by atoms with Gasteiger partial charge in [0.2, 0.25) is 5.91 Å². The van der Waals surface area contributed by atoms with E-state index in [0.717, 1.165) is 72.7 Å². The average molecular weight is 577 g/mol. The van der Waals surface area contributed by atoms with E-state index in [4.69, 9.17) is 0 Å². The second-order valence-electron chi connectivity index (χ2n) is 13.5. The van der Waals surface area contributed by atoms with Crippen LogP contribution in [0.2, 0.25) is 0 Å². The topological polar surface area (TPSA) is 55.9 Å². The van der Waals surface area contributed by atoms with Crippen LogP contribution in [0.1, 0.15) is 56.7 Å².